The smallest absolute Gasteiger partial charge is 0.411 e. The van der Waals surface area contributed by atoms with Crippen LogP contribution in [0.4, 0.5) is 13.6 Å². The monoisotopic (exact) mass is 345 g/mol. The van der Waals surface area contributed by atoms with E-state index in [0.29, 0.717) is 0 Å². The molecule has 0 aliphatic carbocycles. The predicted molar refractivity (Wildman–Crippen MR) is 86.4 cm³/mol. The van der Waals surface area contributed by atoms with Crippen molar-refractivity contribution in [3.05, 3.63) is 35.4 Å². The van der Waals surface area contributed by atoms with Crippen LogP contribution >= 0.6 is 0 Å². The minimum Gasteiger partial charge on any atom is -0.468 e. The maximum Gasteiger partial charge on any atom is 0.411 e. The number of methoxy groups -OCH3 is 1. The van der Waals surface area contributed by atoms with Crippen LogP contribution in [0.2, 0.25) is 0 Å². The van der Waals surface area contributed by atoms with E-state index in [0.717, 1.165) is 23.1 Å². The molecule has 0 bridgehead atoms. The summed E-state index contributed by atoms with van der Waals surface area (Å²) in [6.07, 6.45) is -0.775. The lowest BCUT2D eigenvalue weighted by Gasteiger charge is -2.26. The van der Waals surface area contributed by atoms with E-state index in [1.807, 2.05) is 13.8 Å². The van der Waals surface area contributed by atoms with Gasteiger partial charge in [0, 0.05) is 12.6 Å². The fourth-order valence-corrected chi connectivity index (χ4v) is 1.65. The molecule has 0 spiro atoms. The number of benzene rings is 1. The van der Waals surface area contributed by atoms with Crippen molar-refractivity contribution in [2.75, 3.05) is 13.7 Å². The van der Waals surface area contributed by atoms with Gasteiger partial charge in [-0.15, -0.1) is 0 Å². The van der Waals surface area contributed by atoms with E-state index in [4.69, 9.17) is 4.74 Å². The molecule has 0 N–H and O–H groups in total. The molecule has 1 rings (SSSR count). The molecule has 1 aromatic carbocycles. The Hall–Kier alpha value is -2.18. The predicted octanol–water partition coefficient (Wildman–Crippen LogP) is 3.90. The molecule has 7 heteroatoms. The van der Waals surface area contributed by atoms with Gasteiger partial charge in [-0.1, -0.05) is 13.8 Å². The molecular weight excluding hydrogens is 320 g/mol. The van der Waals surface area contributed by atoms with Gasteiger partial charge in [-0.25, -0.2) is 13.6 Å². The van der Waals surface area contributed by atoms with Crippen LogP contribution in [-0.2, 0) is 20.8 Å². The lowest BCUT2D eigenvalue weighted by atomic mass is 10.2. The van der Waals surface area contributed by atoms with Crippen LogP contribution < -0.4 is 0 Å². The fourth-order valence-electron chi connectivity index (χ4n) is 1.65. The molecule has 0 atom stereocenters. The third-order valence-corrected chi connectivity index (χ3v) is 2.50. The number of amides is 1. The molecule has 0 saturated heterocycles. The van der Waals surface area contributed by atoms with Gasteiger partial charge in [0.05, 0.1) is 7.11 Å². The Kier molecular flexibility index (Phi) is 8.95. The first-order chi connectivity index (χ1) is 11.1. The number of carbonyl (C=O) groups is 2. The zero-order valence-electron chi connectivity index (χ0n) is 15.0. The second kappa shape index (κ2) is 9.85. The van der Waals surface area contributed by atoms with Crippen LogP contribution in [0.3, 0.4) is 0 Å². The normalized spacial score (nSPS) is 10.3. The minimum absolute atomic E-state index is 0.182. The highest BCUT2D eigenvalue weighted by molar-refractivity contribution is 5.78. The topological polar surface area (TPSA) is 55.8 Å². The molecular formula is C17H25F2NO4. The highest BCUT2D eigenvalue weighted by Crippen LogP contribution is 2.14. The highest BCUT2D eigenvalue weighted by Gasteiger charge is 2.24. The maximum absolute atomic E-state index is 13.2. The van der Waals surface area contributed by atoms with E-state index in [1.54, 1.807) is 20.8 Å². The lowest BCUT2D eigenvalue weighted by molar-refractivity contribution is -0.142. The van der Waals surface area contributed by atoms with E-state index in [2.05, 4.69) is 4.74 Å². The zero-order chi connectivity index (χ0) is 18.9. The summed E-state index contributed by atoms with van der Waals surface area (Å²) in [6, 6.07) is 2.89. The minimum atomic E-state index is -0.775. The molecule has 0 aliphatic rings. The van der Waals surface area contributed by atoms with Crippen LogP contribution in [0.15, 0.2) is 18.2 Å². The Morgan fingerprint density at radius 1 is 1.08 bits per heavy atom. The number of rotatable bonds is 4. The van der Waals surface area contributed by atoms with Gasteiger partial charge >= 0.3 is 12.1 Å². The van der Waals surface area contributed by atoms with E-state index in [-0.39, 0.29) is 18.7 Å². The van der Waals surface area contributed by atoms with Crippen molar-refractivity contribution in [1.82, 2.24) is 4.90 Å². The first kappa shape index (κ1) is 21.8. The fraction of sp³-hybridized carbons (Fsp3) is 0.529. The van der Waals surface area contributed by atoms with Crippen molar-refractivity contribution in [2.45, 2.75) is 46.8 Å². The zero-order valence-corrected chi connectivity index (χ0v) is 15.0. The van der Waals surface area contributed by atoms with Gasteiger partial charge in [-0.3, -0.25) is 9.69 Å². The number of carbonyl (C=O) groups excluding carboxylic acids is 2. The summed E-state index contributed by atoms with van der Waals surface area (Å²) in [4.78, 5) is 24.5. The molecule has 136 valence electrons. The van der Waals surface area contributed by atoms with Gasteiger partial charge in [-0.2, -0.15) is 0 Å². The summed E-state index contributed by atoms with van der Waals surface area (Å²) in [7, 11) is 1.18. The Bertz CT molecular complexity index is 536. The number of nitrogens with zero attached hydrogens (tertiary/aromatic N) is 1. The molecule has 0 saturated carbocycles. The third-order valence-electron chi connectivity index (χ3n) is 2.50. The van der Waals surface area contributed by atoms with Crippen molar-refractivity contribution in [2.24, 2.45) is 0 Å². The standard InChI is InChI=1S/C15H19F2NO4.C2H6/c1-15(2,3)22-14(20)18(9-13(19)21-4)8-10-5-11(16)7-12(17)6-10;1-2/h5-7H,8-9H2,1-4H3;1-2H3. The number of ether oxygens (including phenoxy) is 2. The molecule has 0 radical (unpaired) electrons. The quantitative estimate of drug-likeness (QED) is 0.777. The summed E-state index contributed by atoms with van der Waals surface area (Å²) in [5.41, 5.74) is -0.564. The van der Waals surface area contributed by atoms with Gasteiger partial charge in [0.2, 0.25) is 0 Å². The number of halogens is 2. The summed E-state index contributed by atoms with van der Waals surface area (Å²) >= 11 is 0. The molecule has 24 heavy (non-hydrogen) atoms. The van der Waals surface area contributed by atoms with Gasteiger partial charge < -0.3 is 9.47 Å². The molecule has 0 fully saturated rings. The first-order valence-electron chi connectivity index (χ1n) is 7.60. The summed E-state index contributed by atoms with van der Waals surface area (Å²) in [6.45, 7) is 8.44. The second-order valence-corrected chi connectivity index (χ2v) is 5.69. The van der Waals surface area contributed by atoms with Crippen molar-refractivity contribution < 1.29 is 27.8 Å². The number of hydrogen-bond donors (Lipinski definition) is 0. The lowest BCUT2D eigenvalue weighted by Crippen LogP contribution is -2.39. The van der Waals surface area contributed by atoms with Crippen LogP contribution in [0.5, 0.6) is 0 Å². The third kappa shape index (κ3) is 8.45. The van der Waals surface area contributed by atoms with Crippen LogP contribution in [0, 0.1) is 11.6 Å². The molecule has 0 aliphatic heterocycles. The average Bonchev–Trinajstić information content (AvgIpc) is 2.45. The molecule has 0 heterocycles. The average molecular weight is 345 g/mol. The largest absolute Gasteiger partial charge is 0.468 e. The Morgan fingerprint density at radius 3 is 2.00 bits per heavy atom. The van der Waals surface area contributed by atoms with Crippen molar-refractivity contribution in [3.63, 3.8) is 0 Å². The van der Waals surface area contributed by atoms with E-state index >= 15 is 0 Å². The first-order valence-corrected chi connectivity index (χ1v) is 7.60. The Labute approximate surface area is 141 Å². The summed E-state index contributed by atoms with van der Waals surface area (Å²) in [5.74, 6) is -2.20. The molecule has 5 nitrogen and oxygen atoms in total. The van der Waals surface area contributed by atoms with Gasteiger partial charge in [0.25, 0.3) is 0 Å². The van der Waals surface area contributed by atoms with Gasteiger partial charge in [0.15, 0.2) is 0 Å². The highest BCUT2D eigenvalue weighted by atomic mass is 19.1. The summed E-state index contributed by atoms with van der Waals surface area (Å²) in [5, 5.41) is 0. The molecule has 0 aromatic heterocycles. The van der Waals surface area contributed by atoms with E-state index in [1.165, 1.54) is 7.11 Å². The molecule has 0 unspecified atom stereocenters. The van der Waals surface area contributed by atoms with Crippen LogP contribution in [0.25, 0.3) is 0 Å². The van der Waals surface area contributed by atoms with Crippen molar-refractivity contribution >= 4 is 12.1 Å². The number of hydrogen-bond acceptors (Lipinski definition) is 4. The Morgan fingerprint density at radius 2 is 1.58 bits per heavy atom. The van der Waals surface area contributed by atoms with Crippen molar-refractivity contribution in [1.29, 1.82) is 0 Å². The summed E-state index contributed by atoms with van der Waals surface area (Å²) < 4.78 is 36.1. The van der Waals surface area contributed by atoms with E-state index in [9.17, 15) is 18.4 Å². The SMILES string of the molecule is CC.COC(=O)CN(Cc1cc(F)cc(F)c1)C(=O)OC(C)(C)C. The van der Waals surface area contributed by atoms with E-state index < -0.39 is 29.3 Å². The maximum atomic E-state index is 13.2. The Balaban J connectivity index is 0.00000254. The van der Waals surface area contributed by atoms with Crippen LogP contribution in [0.1, 0.15) is 40.2 Å². The van der Waals surface area contributed by atoms with Crippen molar-refractivity contribution in [3.8, 4) is 0 Å². The van der Waals surface area contributed by atoms with Crippen LogP contribution in [-0.4, -0.2) is 36.2 Å². The van der Waals surface area contributed by atoms with Gasteiger partial charge in [0.1, 0.15) is 23.8 Å². The van der Waals surface area contributed by atoms with Gasteiger partial charge in [-0.05, 0) is 38.5 Å². The molecule has 1 amide bonds. The second-order valence-electron chi connectivity index (χ2n) is 5.69. The molecule has 1 aromatic rings. The number of esters is 1.